The molecule has 1 aromatic carbocycles. The molecule has 1 heterocycles. The maximum atomic E-state index is 12.0. The van der Waals surface area contributed by atoms with Gasteiger partial charge >= 0.3 is 5.97 Å². The molecule has 0 spiro atoms. The molecular weight excluding hydrogens is 254 g/mol. The van der Waals surface area contributed by atoms with E-state index in [0.29, 0.717) is 5.56 Å². The van der Waals surface area contributed by atoms with Crippen LogP contribution in [-0.4, -0.2) is 23.3 Å². The number of aromatic amines is 1. The van der Waals surface area contributed by atoms with Crippen LogP contribution in [-0.2, 0) is 9.53 Å². The third-order valence-corrected chi connectivity index (χ3v) is 2.77. The molecule has 0 aliphatic heterocycles. The number of rotatable bonds is 5. The fourth-order valence-electron chi connectivity index (χ4n) is 1.81. The van der Waals surface area contributed by atoms with Gasteiger partial charge in [-0.15, -0.1) is 0 Å². The molecule has 0 atom stereocenters. The highest BCUT2D eigenvalue weighted by atomic mass is 16.5. The van der Waals surface area contributed by atoms with Crippen LogP contribution in [0.2, 0.25) is 0 Å². The molecule has 0 aliphatic carbocycles. The second-order valence-corrected chi connectivity index (χ2v) is 4.16. The number of allylic oxidation sites excluding steroid dienone is 3. The standard InChI is InChI=1S/C16H15NO3/c1-2-3-4-9-16(19)20-11-15(18)13-10-17-14-8-6-5-7-12(13)14/h2-10,17H,11H2,1H3/b3-2+,9-4+. The molecule has 0 saturated carbocycles. The van der Waals surface area contributed by atoms with Gasteiger partial charge in [-0.05, 0) is 13.0 Å². The van der Waals surface area contributed by atoms with E-state index in [2.05, 4.69) is 4.98 Å². The van der Waals surface area contributed by atoms with Gasteiger partial charge in [0.2, 0.25) is 5.78 Å². The first-order chi connectivity index (χ1) is 9.72. The van der Waals surface area contributed by atoms with E-state index >= 15 is 0 Å². The molecular formula is C16H15NO3. The fourth-order valence-corrected chi connectivity index (χ4v) is 1.81. The Kier molecular flexibility index (Phi) is 4.50. The number of para-hydroxylation sites is 1. The molecule has 2 aromatic rings. The van der Waals surface area contributed by atoms with E-state index in [1.807, 2.05) is 31.2 Å². The minimum atomic E-state index is -0.531. The lowest BCUT2D eigenvalue weighted by Crippen LogP contribution is -2.12. The van der Waals surface area contributed by atoms with Crippen LogP contribution in [0.5, 0.6) is 0 Å². The Labute approximate surface area is 116 Å². The van der Waals surface area contributed by atoms with Gasteiger partial charge in [0.05, 0.1) is 0 Å². The van der Waals surface area contributed by atoms with Crippen molar-refractivity contribution in [3.05, 3.63) is 60.3 Å². The molecule has 1 aromatic heterocycles. The number of carbonyl (C=O) groups excluding carboxylic acids is 2. The van der Waals surface area contributed by atoms with Crippen LogP contribution in [0.4, 0.5) is 0 Å². The summed E-state index contributed by atoms with van der Waals surface area (Å²) in [6.45, 7) is 1.58. The van der Waals surface area contributed by atoms with Crippen molar-refractivity contribution in [1.82, 2.24) is 4.98 Å². The number of aromatic nitrogens is 1. The van der Waals surface area contributed by atoms with E-state index in [9.17, 15) is 9.59 Å². The van der Waals surface area contributed by atoms with Gasteiger partial charge in [0.15, 0.2) is 6.61 Å². The fraction of sp³-hybridized carbons (Fsp3) is 0.125. The van der Waals surface area contributed by atoms with Crippen LogP contribution < -0.4 is 0 Å². The van der Waals surface area contributed by atoms with Gasteiger partial charge in [0.25, 0.3) is 0 Å². The van der Waals surface area contributed by atoms with Crippen LogP contribution in [0.1, 0.15) is 17.3 Å². The molecule has 0 bridgehead atoms. The number of H-pyrrole nitrogens is 1. The monoisotopic (exact) mass is 269 g/mol. The molecule has 2 rings (SSSR count). The van der Waals surface area contributed by atoms with Crippen molar-refractivity contribution in [3.8, 4) is 0 Å². The van der Waals surface area contributed by atoms with Gasteiger partial charge in [-0.1, -0.05) is 36.4 Å². The van der Waals surface area contributed by atoms with Gasteiger partial charge in [0.1, 0.15) is 0 Å². The number of ketones is 1. The summed E-state index contributed by atoms with van der Waals surface area (Å²) in [4.78, 5) is 26.4. The minimum absolute atomic E-state index is 0.227. The highest BCUT2D eigenvalue weighted by Gasteiger charge is 2.13. The summed E-state index contributed by atoms with van der Waals surface area (Å²) in [6.07, 6.45) is 7.99. The lowest BCUT2D eigenvalue weighted by Gasteiger charge is -2.00. The topological polar surface area (TPSA) is 59.2 Å². The number of fused-ring (bicyclic) bond motifs is 1. The average Bonchev–Trinajstić information content (AvgIpc) is 2.89. The zero-order valence-electron chi connectivity index (χ0n) is 11.1. The molecule has 0 aliphatic rings. The van der Waals surface area contributed by atoms with Crippen LogP contribution in [0.3, 0.4) is 0 Å². The number of carbonyl (C=O) groups is 2. The summed E-state index contributed by atoms with van der Waals surface area (Å²) in [7, 11) is 0. The van der Waals surface area contributed by atoms with Crippen LogP contribution in [0.15, 0.2) is 54.8 Å². The van der Waals surface area contributed by atoms with E-state index < -0.39 is 5.97 Å². The van der Waals surface area contributed by atoms with Crippen LogP contribution >= 0.6 is 0 Å². The number of esters is 1. The number of hydrogen-bond acceptors (Lipinski definition) is 3. The Morgan fingerprint density at radius 1 is 1.25 bits per heavy atom. The maximum Gasteiger partial charge on any atom is 0.331 e. The Bertz CT molecular complexity index is 680. The van der Waals surface area contributed by atoms with Crippen molar-refractivity contribution in [1.29, 1.82) is 0 Å². The second kappa shape index (κ2) is 6.52. The normalized spacial score (nSPS) is 11.4. The molecule has 0 unspecified atom stereocenters. The van der Waals surface area contributed by atoms with Crippen LogP contribution in [0, 0.1) is 0 Å². The summed E-state index contributed by atoms with van der Waals surface area (Å²) in [5, 5.41) is 0.831. The van der Waals surface area contributed by atoms with Gasteiger partial charge < -0.3 is 9.72 Å². The molecule has 0 radical (unpaired) electrons. The van der Waals surface area contributed by atoms with Crippen molar-refractivity contribution in [2.45, 2.75) is 6.92 Å². The molecule has 4 heteroatoms. The number of benzene rings is 1. The van der Waals surface area contributed by atoms with E-state index in [1.54, 1.807) is 24.4 Å². The second-order valence-electron chi connectivity index (χ2n) is 4.16. The molecule has 0 saturated heterocycles. The quantitative estimate of drug-likeness (QED) is 0.393. The summed E-state index contributed by atoms with van der Waals surface area (Å²) >= 11 is 0. The minimum Gasteiger partial charge on any atom is -0.454 e. The van der Waals surface area contributed by atoms with E-state index in [-0.39, 0.29) is 12.4 Å². The maximum absolute atomic E-state index is 12.0. The van der Waals surface area contributed by atoms with E-state index in [1.165, 1.54) is 6.08 Å². The molecule has 1 N–H and O–H groups in total. The van der Waals surface area contributed by atoms with Crippen molar-refractivity contribution >= 4 is 22.7 Å². The third-order valence-electron chi connectivity index (χ3n) is 2.77. The number of hydrogen-bond donors (Lipinski definition) is 1. The van der Waals surface area contributed by atoms with Crippen molar-refractivity contribution < 1.29 is 14.3 Å². The Hall–Kier alpha value is -2.62. The Morgan fingerprint density at radius 3 is 2.85 bits per heavy atom. The number of Topliss-reactive ketones (excluding diaryl/α,β-unsaturated/α-hetero) is 1. The molecule has 4 nitrogen and oxygen atoms in total. The lowest BCUT2D eigenvalue weighted by atomic mass is 10.1. The largest absolute Gasteiger partial charge is 0.454 e. The Morgan fingerprint density at radius 2 is 2.05 bits per heavy atom. The Balaban J connectivity index is 2.00. The van der Waals surface area contributed by atoms with Gasteiger partial charge in [0, 0.05) is 28.7 Å². The average molecular weight is 269 g/mol. The predicted molar refractivity (Wildman–Crippen MR) is 77.5 cm³/mol. The van der Waals surface area contributed by atoms with Gasteiger partial charge in [-0.2, -0.15) is 0 Å². The van der Waals surface area contributed by atoms with Gasteiger partial charge in [-0.3, -0.25) is 4.79 Å². The first-order valence-corrected chi connectivity index (χ1v) is 6.28. The summed E-state index contributed by atoms with van der Waals surface area (Å²) in [5.74, 6) is -0.758. The zero-order chi connectivity index (χ0) is 14.4. The number of nitrogens with one attached hydrogen (secondary N) is 1. The highest BCUT2D eigenvalue weighted by Crippen LogP contribution is 2.18. The highest BCUT2D eigenvalue weighted by molar-refractivity contribution is 6.08. The van der Waals surface area contributed by atoms with Crippen molar-refractivity contribution in [3.63, 3.8) is 0 Å². The molecule has 0 amide bonds. The SMILES string of the molecule is C/C=C/C=C/C(=O)OCC(=O)c1c[nH]c2ccccc12. The summed E-state index contributed by atoms with van der Waals surface area (Å²) in [5.41, 5.74) is 1.42. The molecule has 20 heavy (non-hydrogen) atoms. The van der Waals surface area contributed by atoms with Crippen molar-refractivity contribution in [2.24, 2.45) is 0 Å². The first-order valence-electron chi connectivity index (χ1n) is 6.28. The van der Waals surface area contributed by atoms with Gasteiger partial charge in [-0.25, -0.2) is 4.79 Å². The smallest absolute Gasteiger partial charge is 0.331 e. The predicted octanol–water partition coefficient (Wildman–Crippen LogP) is 3.03. The van der Waals surface area contributed by atoms with Crippen LogP contribution in [0.25, 0.3) is 10.9 Å². The van der Waals surface area contributed by atoms with E-state index in [0.717, 1.165) is 10.9 Å². The first kappa shape index (κ1) is 13.8. The molecule has 0 fully saturated rings. The zero-order valence-corrected chi connectivity index (χ0v) is 11.1. The summed E-state index contributed by atoms with van der Waals surface area (Å²) in [6, 6.07) is 7.49. The van der Waals surface area contributed by atoms with E-state index in [4.69, 9.17) is 4.74 Å². The third kappa shape index (κ3) is 3.23. The molecule has 102 valence electrons. The summed E-state index contributed by atoms with van der Waals surface area (Å²) < 4.78 is 4.90. The van der Waals surface area contributed by atoms with Crippen molar-refractivity contribution in [2.75, 3.05) is 6.61 Å². The lowest BCUT2D eigenvalue weighted by molar-refractivity contribution is -0.136. The number of ether oxygens (including phenoxy) is 1.